The highest BCUT2D eigenvalue weighted by Gasteiger charge is 2.00. The second-order valence-electron chi connectivity index (χ2n) is 4.51. The molecule has 0 aliphatic carbocycles. The molecular weight excluding hydrogens is 316 g/mol. The molecular formula is C12H28N2O9. The van der Waals surface area contributed by atoms with E-state index in [1.807, 2.05) is 0 Å². The molecule has 0 aromatic rings. The summed E-state index contributed by atoms with van der Waals surface area (Å²) in [6.45, 7) is 2.97. The van der Waals surface area contributed by atoms with E-state index in [-0.39, 0.29) is 13.2 Å². The van der Waals surface area contributed by atoms with Gasteiger partial charge >= 0.3 is 0 Å². The van der Waals surface area contributed by atoms with Crippen LogP contribution in [0.5, 0.6) is 0 Å². The Morgan fingerprint density at radius 2 is 1.35 bits per heavy atom. The summed E-state index contributed by atoms with van der Waals surface area (Å²) < 4.78 is 5.20. The summed E-state index contributed by atoms with van der Waals surface area (Å²) in [5.41, 5.74) is 0. The van der Waals surface area contributed by atoms with E-state index < -0.39 is 16.3 Å². The first-order chi connectivity index (χ1) is 10.8. The Balaban J connectivity index is -0.000000413. The average molecular weight is 344 g/mol. The smallest absolute Gasteiger partial charge is 0.291 e. The van der Waals surface area contributed by atoms with Crippen LogP contribution in [-0.4, -0.2) is 56.7 Å². The number of hydrogen-bond acceptors (Lipinski definition) is 7. The number of unbranched alkanes of at least 4 members (excludes halogenated alkanes) is 6. The number of rotatable bonds is 11. The van der Waals surface area contributed by atoms with Gasteiger partial charge in [0, 0.05) is 6.61 Å². The standard InChI is InChI=1S/C12H26O3.2HNO3/c1-2-3-4-5-6-7-8-9-15-11-12(14)10-13;2*2-1(3)4/h12-14H,2-11H2,1H3;2*(H,2,3,4). The van der Waals surface area contributed by atoms with Crippen LogP contribution in [0.3, 0.4) is 0 Å². The Hall–Kier alpha value is -1.72. The Labute approximate surface area is 134 Å². The maximum Gasteiger partial charge on any atom is 0.291 e. The molecule has 11 nitrogen and oxygen atoms in total. The first-order valence-corrected chi connectivity index (χ1v) is 7.31. The van der Waals surface area contributed by atoms with Gasteiger partial charge in [-0.2, -0.15) is 0 Å². The minimum atomic E-state index is -1.50. The molecule has 0 fully saturated rings. The predicted molar refractivity (Wildman–Crippen MR) is 79.5 cm³/mol. The van der Waals surface area contributed by atoms with Gasteiger partial charge in [0.1, 0.15) is 6.10 Å². The van der Waals surface area contributed by atoms with Crippen LogP contribution in [0.15, 0.2) is 0 Å². The van der Waals surface area contributed by atoms with Crippen molar-refractivity contribution in [1.29, 1.82) is 0 Å². The number of hydrogen-bond donors (Lipinski definition) is 4. The van der Waals surface area contributed by atoms with Gasteiger partial charge in [0.15, 0.2) is 0 Å². The van der Waals surface area contributed by atoms with Gasteiger partial charge in [0.05, 0.1) is 13.2 Å². The van der Waals surface area contributed by atoms with E-state index in [0.29, 0.717) is 6.61 Å². The Kier molecular flexibility index (Phi) is 25.7. The summed E-state index contributed by atoms with van der Waals surface area (Å²) in [5, 5.41) is 44.8. The van der Waals surface area contributed by atoms with E-state index in [4.69, 9.17) is 45.6 Å². The second-order valence-corrected chi connectivity index (χ2v) is 4.51. The predicted octanol–water partition coefficient (Wildman–Crippen LogP) is 1.41. The third-order valence-corrected chi connectivity index (χ3v) is 2.41. The summed E-state index contributed by atoms with van der Waals surface area (Å²) in [7, 11) is 0. The monoisotopic (exact) mass is 344 g/mol. The van der Waals surface area contributed by atoms with Gasteiger partial charge in [0.2, 0.25) is 0 Å². The second kappa shape index (κ2) is 22.6. The van der Waals surface area contributed by atoms with Crippen molar-refractivity contribution in [2.24, 2.45) is 0 Å². The molecule has 0 rings (SSSR count). The molecule has 1 atom stereocenters. The zero-order valence-corrected chi connectivity index (χ0v) is 13.4. The van der Waals surface area contributed by atoms with Gasteiger partial charge in [-0.05, 0) is 6.42 Å². The summed E-state index contributed by atoms with van der Waals surface area (Å²) >= 11 is 0. The van der Waals surface area contributed by atoms with Crippen molar-refractivity contribution >= 4 is 0 Å². The number of aliphatic hydroxyl groups excluding tert-OH is 2. The first kappa shape index (κ1) is 26.2. The minimum absolute atomic E-state index is 0.211. The highest BCUT2D eigenvalue weighted by atomic mass is 16.9. The molecule has 0 aliphatic rings. The van der Waals surface area contributed by atoms with E-state index in [0.717, 1.165) is 6.42 Å². The molecule has 0 bridgehead atoms. The topological polar surface area (TPSA) is 176 Å². The van der Waals surface area contributed by atoms with Crippen LogP contribution in [0.25, 0.3) is 0 Å². The van der Waals surface area contributed by atoms with E-state index in [9.17, 15) is 0 Å². The largest absolute Gasteiger partial charge is 0.394 e. The number of ether oxygens (including phenoxy) is 1. The van der Waals surface area contributed by atoms with E-state index in [1.165, 1.54) is 38.5 Å². The number of nitrogens with zero attached hydrogens (tertiary/aromatic N) is 2. The third kappa shape index (κ3) is 53.3. The van der Waals surface area contributed by atoms with Crippen LogP contribution in [0, 0.1) is 20.2 Å². The van der Waals surface area contributed by atoms with Crippen molar-refractivity contribution in [2.75, 3.05) is 19.8 Å². The quantitative estimate of drug-likeness (QED) is 0.245. The average Bonchev–Trinajstić information content (AvgIpc) is 2.44. The molecule has 0 aliphatic heterocycles. The summed E-state index contributed by atoms with van der Waals surface area (Å²) in [5.74, 6) is 0. The SMILES string of the molecule is CCCCCCCCCOCC(O)CO.O=[N+]([O-])O.O=[N+]([O-])O. The van der Waals surface area contributed by atoms with Crippen molar-refractivity contribution in [3.63, 3.8) is 0 Å². The minimum Gasteiger partial charge on any atom is -0.394 e. The van der Waals surface area contributed by atoms with Crippen LogP contribution < -0.4 is 0 Å². The molecule has 4 N–H and O–H groups in total. The zero-order chi connectivity index (χ0) is 18.5. The molecule has 0 spiro atoms. The third-order valence-electron chi connectivity index (χ3n) is 2.41. The normalized spacial score (nSPS) is 10.6. The van der Waals surface area contributed by atoms with Crippen LogP contribution in [0.4, 0.5) is 0 Å². The maximum atomic E-state index is 8.98. The van der Waals surface area contributed by atoms with Gasteiger partial charge in [-0.25, -0.2) is 0 Å². The van der Waals surface area contributed by atoms with E-state index in [1.54, 1.807) is 0 Å². The van der Waals surface area contributed by atoms with Crippen LogP contribution in [0.1, 0.15) is 51.9 Å². The lowest BCUT2D eigenvalue weighted by Crippen LogP contribution is -2.19. The summed E-state index contributed by atoms with van der Waals surface area (Å²) in [6, 6.07) is 0. The highest BCUT2D eigenvalue weighted by molar-refractivity contribution is 4.49. The van der Waals surface area contributed by atoms with Crippen LogP contribution in [0.2, 0.25) is 0 Å². The molecule has 11 heteroatoms. The molecule has 0 aromatic carbocycles. The van der Waals surface area contributed by atoms with E-state index >= 15 is 0 Å². The lowest BCUT2D eigenvalue weighted by atomic mass is 10.1. The van der Waals surface area contributed by atoms with Gasteiger partial charge in [-0.3, -0.25) is 0 Å². The van der Waals surface area contributed by atoms with Crippen molar-refractivity contribution < 1.29 is 35.5 Å². The van der Waals surface area contributed by atoms with E-state index in [2.05, 4.69) is 6.92 Å². The fourth-order valence-corrected chi connectivity index (χ4v) is 1.43. The van der Waals surface area contributed by atoms with Crippen molar-refractivity contribution in [2.45, 2.75) is 58.0 Å². The van der Waals surface area contributed by atoms with Crippen molar-refractivity contribution in [3.8, 4) is 0 Å². The van der Waals surface area contributed by atoms with Crippen molar-refractivity contribution in [3.05, 3.63) is 20.2 Å². The maximum absolute atomic E-state index is 8.98. The Bertz CT molecular complexity index is 247. The molecule has 0 amide bonds. The lowest BCUT2D eigenvalue weighted by Gasteiger charge is -2.07. The number of aliphatic hydroxyl groups is 2. The van der Waals surface area contributed by atoms with Crippen molar-refractivity contribution in [1.82, 2.24) is 0 Å². The molecule has 23 heavy (non-hydrogen) atoms. The molecule has 1 unspecified atom stereocenters. The van der Waals surface area contributed by atoms with Gasteiger partial charge in [0.25, 0.3) is 10.2 Å². The highest BCUT2D eigenvalue weighted by Crippen LogP contribution is 2.06. The molecule has 0 radical (unpaired) electrons. The van der Waals surface area contributed by atoms with Gasteiger partial charge in [-0.1, -0.05) is 45.4 Å². The molecule has 0 aromatic heterocycles. The first-order valence-electron chi connectivity index (χ1n) is 7.31. The van der Waals surface area contributed by atoms with Gasteiger partial charge < -0.3 is 25.4 Å². The van der Waals surface area contributed by atoms with Crippen LogP contribution in [-0.2, 0) is 4.74 Å². The lowest BCUT2D eigenvalue weighted by molar-refractivity contribution is -0.742. The fraction of sp³-hybridized carbons (Fsp3) is 1.00. The zero-order valence-electron chi connectivity index (χ0n) is 13.4. The molecule has 0 heterocycles. The summed E-state index contributed by atoms with van der Waals surface area (Å²) in [6.07, 6.45) is 8.15. The van der Waals surface area contributed by atoms with Crippen LogP contribution >= 0.6 is 0 Å². The molecule has 0 saturated heterocycles. The Morgan fingerprint density at radius 3 is 1.74 bits per heavy atom. The molecule has 0 saturated carbocycles. The van der Waals surface area contributed by atoms with Gasteiger partial charge in [-0.15, -0.1) is 20.2 Å². The Morgan fingerprint density at radius 1 is 0.957 bits per heavy atom. The fourth-order valence-electron chi connectivity index (χ4n) is 1.43. The molecule has 140 valence electrons. The summed E-state index contributed by atoms with van der Waals surface area (Å²) in [4.78, 5) is 16.7.